The van der Waals surface area contributed by atoms with Crippen LogP contribution in [0, 0.1) is 11.8 Å². The Labute approximate surface area is 79.1 Å². The average Bonchev–Trinajstić information content (AvgIpc) is 2.82. The van der Waals surface area contributed by atoms with Crippen molar-refractivity contribution in [2.75, 3.05) is 6.54 Å². The topological polar surface area (TPSA) is 55.1 Å². The van der Waals surface area contributed by atoms with E-state index >= 15 is 0 Å². The van der Waals surface area contributed by atoms with Gasteiger partial charge in [-0.05, 0) is 37.5 Å². The molecule has 3 N–H and O–H groups in total. The second-order valence-electron chi connectivity index (χ2n) is 4.41. The van der Waals surface area contributed by atoms with E-state index in [1.807, 2.05) is 0 Å². The fourth-order valence-corrected chi connectivity index (χ4v) is 1.73. The highest BCUT2D eigenvalue weighted by Crippen LogP contribution is 2.31. The quantitative estimate of drug-likeness (QED) is 0.670. The minimum Gasteiger partial charge on any atom is -0.354 e. The van der Waals surface area contributed by atoms with Crippen molar-refractivity contribution in [3.05, 3.63) is 0 Å². The van der Waals surface area contributed by atoms with Crippen LogP contribution in [0.4, 0.5) is 0 Å². The van der Waals surface area contributed by atoms with Crippen LogP contribution in [0.5, 0.6) is 0 Å². The standard InChI is InChI=1S/C10H18N2O/c11-9(8-4-5-8)10(13)12-6-7-2-1-3-7/h7-9H,1-6,11H2,(H,12,13). The molecule has 0 radical (unpaired) electrons. The lowest BCUT2D eigenvalue weighted by Gasteiger charge is -2.26. The molecule has 0 aromatic carbocycles. The van der Waals surface area contributed by atoms with Crippen LogP contribution < -0.4 is 11.1 Å². The highest BCUT2D eigenvalue weighted by molar-refractivity contribution is 5.82. The third-order valence-corrected chi connectivity index (χ3v) is 3.22. The van der Waals surface area contributed by atoms with E-state index in [4.69, 9.17) is 5.73 Å². The Hall–Kier alpha value is -0.570. The van der Waals surface area contributed by atoms with Crippen LogP contribution in [0.25, 0.3) is 0 Å². The van der Waals surface area contributed by atoms with E-state index in [9.17, 15) is 4.79 Å². The SMILES string of the molecule is NC(C(=O)NCC1CCC1)C1CC1. The van der Waals surface area contributed by atoms with Crippen LogP contribution in [0.3, 0.4) is 0 Å². The zero-order valence-corrected chi connectivity index (χ0v) is 7.96. The lowest BCUT2D eigenvalue weighted by atomic mass is 9.85. The second-order valence-corrected chi connectivity index (χ2v) is 4.41. The molecule has 13 heavy (non-hydrogen) atoms. The van der Waals surface area contributed by atoms with E-state index in [2.05, 4.69) is 5.32 Å². The van der Waals surface area contributed by atoms with Gasteiger partial charge in [-0.3, -0.25) is 4.79 Å². The average molecular weight is 182 g/mol. The molecule has 0 spiro atoms. The van der Waals surface area contributed by atoms with Gasteiger partial charge in [0.1, 0.15) is 0 Å². The Morgan fingerprint density at radius 3 is 2.54 bits per heavy atom. The van der Waals surface area contributed by atoms with E-state index < -0.39 is 0 Å². The Morgan fingerprint density at radius 2 is 2.08 bits per heavy atom. The summed E-state index contributed by atoms with van der Waals surface area (Å²) in [6.45, 7) is 0.846. The maximum Gasteiger partial charge on any atom is 0.237 e. The second kappa shape index (κ2) is 3.66. The first kappa shape index (κ1) is 9.00. The highest BCUT2D eigenvalue weighted by Gasteiger charge is 2.33. The number of hydrogen-bond donors (Lipinski definition) is 2. The summed E-state index contributed by atoms with van der Waals surface area (Å²) in [5, 5.41) is 2.94. The van der Waals surface area contributed by atoms with E-state index in [1.54, 1.807) is 0 Å². The molecule has 74 valence electrons. The molecule has 2 saturated carbocycles. The first-order valence-electron chi connectivity index (χ1n) is 5.30. The molecular formula is C10H18N2O. The fourth-order valence-electron chi connectivity index (χ4n) is 1.73. The number of rotatable bonds is 4. The molecule has 1 atom stereocenters. The van der Waals surface area contributed by atoms with Crippen LogP contribution in [0.15, 0.2) is 0 Å². The summed E-state index contributed by atoms with van der Waals surface area (Å²) < 4.78 is 0. The highest BCUT2D eigenvalue weighted by atomic mass is 16.2. The van der Waals surface area contributed by atoms with E-state index in [1.165, 1.54) is 19.3 Å². The molecule has 3 heteroatoms. The first-order valence-corrected chi connectivity index (χ1v) is 5.30. The summed E-state index contributed by atoms with van der Waals surface area (Å²) in [7, 11) is 0. The summed E-state index contributed by atoms with van der Waals surface area (Å²) >= 11 is 0. The Kier molecular flexibility index (Phi) is 2.54. The molecule has 0 saturated heterocycles. The van der Waals surface area contributed by atoms with E-state index in [0.717, 1.165) is 25.3 Å². The minimum atomic E-state index is -0.236. The summed E-state index contributed by atoms with van der Waals surface area (Å²) in [6.07, 6.45) is 6.16. The van der Waals surface area contributed by atoms with Crippen molar-refractivity contribution >= 4 is 5.91 Å². The van der Waals surface area contributed by atoms with Gasteiger partial charge in [0.05, 0.1) is 6.04 Å². The molecule has 2 aliphatic carbocycles. The number of hydrogen-bond acceptors (Lipinski definition) is 2. The van der Waals surface area contributed by atoms with E-state index in [-0.39, 0.29) is 11.9 Å². The van der Waals surface area contributed by atoms with Gasteiger partial charge in [0.25, 0.3) is 0 Å². The minimum absolute atomic E-state index is 0.0643. The van der Waals surface area contributed by atoms with Gasteiger partial charge in [0.2, 0.25) is 5.91 Å². The molecule has 1 amide bonds. The lowest BCUT2D eigenvalue weighted by Crippen LogP contribution is -2.44. The monoisotopic (exact) mass is 182 g/mol. The number of nitrogens with two attached hydrogens (primary N) is 1. The van der Waals surface area contributed by atoms with Crippen molar-refractivity contribution in [1.29, 1.82) is 0 Å². The molecule has 0 aromatic rings. The van der Waals surface area contributed by atoms with Gasteiger partial charge >= 0.3 is 0 Å². The fraction of sp³-hybridized carbons (Fsp3) is 0.900. The summed E-state index contributed by atoms with van der Waals surface area (Å²) in [5.74, 6) is 1.27. The summed E-state index contributed by atoms with van der Waals surface area (Å²) in [5.41, 5.74) is 5.76. The van der Waals surface area contributed by atoms with Crippen molar-refractivity contribution in [1.82, 2.24) is 5.32 Å². The van der Waals surface area contributed by atoms with Crippen molar-refractivity contribution in [2.24, 2.45) is 17.6 Å². The number of carbonyl (C=O) groups excluding carboxylic acids is 1. The van der Waals surface area contributed by atoms with Crippen LogP contribution in [-0.2, 0) is 4.79 Å². The lowest BCUT2D eigenvalue weighted by molar-refractivity contribution is -0.123. The molecule has 3 nitrogen and oxygen atoms in total. The van der Waals surface area contributed by atoms with Crippen molar-refractivity contribution in [3.63, 3.8) is 0 Å². The normalized spacial score (nSPS) is 25.0. The molecule has 1 unspecified atom stereocenters. The van der Waals surface area contributed by atoms with Crippen LogP contribution in [-0.4, -0.2) is 18.5 Å². The Bertz CT molecular complexity index is 197. The van der Waals surface area contributed by atoms with Gasteiger partial charge < -0.3 is 11.1 Å². The van der Waals surface area contributed by atoms with Gasteiger partial charge in [0, 0.05) is 6.54 Å². The molecule has 0 aliphatic heterocycles. The Morgan fingerprint density at radius 1 is 1.38 bits per heavy atom. The van der Waals surface area contributed by atoms with E-state index in [0.29, 0.717) is 5.92 Å². The number of carbonyl (C=O) groups is 1. The maximum atomic E-state index is 11.4. The molecule has 0 heterocycles. The molecule has 2 aliphatic rings. The predicted molar refractivity (Wildman–Crippen MR) is 51.1 cm³/mol. The molecule has 0 aromatic heterocycles. The van der Waals surface area contributed by atoms with Crippen molar-refractivity contribution < 1.29 is 4.79 Å². The summed E-state index contributed by atoms with van der Waals surface area (Å²) in [4.78, 5) is 11.4. The van der Waals surface area contributed by atoms with Crippen LogP contribution in [0.2, 0.25) is 0 Å². The molecule has 2 rings (SSSR count). The van der Waals surface area contributed by atoms with Gasteiger partial charge in [-0.2, -0.15) is 0 Å². The Balaban J connectivity index is 1.64. The van der Waals surface area contributed by atoms with Gasteiger partial charge in [-0.1, -0.05) is 6.42 Å². The van der Waals surface area contributed by atoms with Crippen molar-refractivity contribution in [3.8, 4) is 0 Å². The predicted octanol–water partition coefficient (Wildman–Crippen LogP) is 0.640. The molecular weight excluding hydrogens is 164 g/mol. The first-order chi connectivity index (χ1) is 6.27. The van der Waals surface area contributed by atoms with Crippen molar-refractivity contribution in [2.45, 2.75) is 38.1 Å². The molecule has 0 bridgehead atoms. The van der Waals surface area contributed by atoms with Crippen LogP contribution in [0.1, 0.15) is 32.1 Å². The van der Waals surface area contributed by atoms with Gasteiger partial charge in [0.15, 0.2) is 0 Å². The zero-order chi connectivity index (χ0) is 9.26. The van der Waals surface area contributed by atoms with Crippen LogP contribution >= 0.6 is 0 Å². The maximum absolute atomic E-state index is 11.4. The number of amides is 1. The zero-order valence-electron chi connectivity index (χ0n) is 7.96. The largest absolute Gasteiger partial charge is 0.354 e. The third kappa shape index (κ3) is 2.21. The smallest absolute Gasteiger partial charge is 0.237 e. The van der Waals surface area contributed by atoms with Gasteiger partial charge in [-0.25, -0.2) is 0 Å². The summed E-state index contributed by atoms with van der Waals surface area (Å²) in [6, 6.07) is -0.236. The molecule has 2 fully saturated rings. The van der Waals surface area contributed by atoms with Gasteiger partial charge in [-0.15, -0.1) is 0 Å². The number of nitrogens with one attached hydrogen (secondary N) is 1. The third-order valence-electron chi connectivity index (χ3n) is 3.22.